The van der Waals surface area contributed by atoms with E-state index in [4.69, 9.17) is 5.73 Å². The van der Waals surface area contributed by atoms with Gasteiger partial charge in [0.15, 0.2) is 0 Å². The van der Waals surface area contributed by atoms with Gasteiger partial charge in [0.05, 0.1) is 0 Å². The summed E-state index contributed by atoms with van der Waals surface area (Å²) >= 11 is 0. The van der Waals surface area contributed by atoms with Crippen LogP contribution in [0.2, 0.25) is 0 Å². The minimum Gasteiger partial charge on any atom is -0.508 e. The molecule has 2 rings (SSSR count). The highest BCUT2D eigenvalue weighted by atomic mass is 16.3. The number of phenolic OH excluding ortho intramolecular Hbond substituents is 1. The Balaban J connectivity index is 2.22. The normalized spacial score (nSPS) is 12.2. The van der Waals surface area contributed by atoms with Crippen LogP contribution in [0.4, 0.5) is 5.69 Å². The zero-order chi connectivity index (χ0) is 14.5. The molecular weight excluding hydrogens is 248 g/mol. The van der Waals surface area contributed by atoms with Crippen molar-refractivity contribution in [2.45, 2.75) is 26.4 Å². The van der Waals surface area contributed by atoms with Crippen LogP contribution in [-0.4, -0.2) is 11.7 Å². The summed E-state index contributed by atoms with van der Waals surface area (Å²) in [5, 5.41) is 10.1. The first-order chi connectivity index (χ1) is 9.61. The lowest BCUT2D eigenvalue weighted by Gasteiger charge is -2.24. The van der Waals surface area contributed by atoms with E-state index in [0.717, 1.165) is 24.3 Å². The van der Waals surface area contributed by atoms with E-state index in [0.29, 0.717) is 0 Å². The first kappa shape index (κ1) is 14.4. The molecule has 0 fully saturated rings. The van der Waals surface area contributed by atoms with Crippen molar-refractivity contribution in [3.63, 3.8) is 0 Å². The Morgan fingerprint density at radius 1 is 1.15 bits per heavy atom. The Kier molecular flexibility index (Phi) is 4.64. The van der Waals surface area contributed by atoms with E-state index in [1.165, 1.54) is 5.56 Å². The molecule has 0 spiro atoms. The minimum atomic E-state index is -0.159. The van der Waals surface area contributed by atoms with Gasteiger partial charge in [-0.3, -0.25) is 0 Å². The Morgan fingerprint density at radius 2 is 1.85 bits per heavy atom. The predicted molar refractivity (Wildman–Crippen MR) is 83.9 cm³/mol. The van der Waals surface area contributed by atoms with Crippen LogP contribution in [0.5, 0.6) is 5.75 Å². The smallest absolute Gasteiger partial charge is 0.122 e. The summed E-state index contributed by atoms with van der Waals surface area (Å²) in [6.07, 6.45) is 0. The number of hydrogen-bond donors (Lipinski definition) is 2. The van der Waals surface area contributed by atoms with Crippen LogP contribution in [0.3, 0.4) is 0 Å². The van der Waals surface area contributed by atoms with Gasteiger partial charge >= 0.3 is 0 Å². The fraction of sp³-hybridized carbons (Fsp3) is 0.294. The molecule has 0 aliphatic rings. The van der Waals surface area contributed by atoms with Crippen LogP contribution in [0.1, 0.15) is 31.0 Å². The van der Waals surface area contributed by atoms with Gasteiger partial charge in [-0.25, -0.2) is 0 Å². The van der Waals surface area contributed by atoms with Gasteiger partial charge in [-0.15, -0.1) is 0 Å². The van der Waals surface area contributed by atoms with Crippen LogP contribution in [0, 0.1) is 0 Å². The highest BCUT2D eigenvalue weighted by Gasteiger charge is 2.10. The van der Waals surface area contributed by atoms with Gasteiger partial charge in [-0.05, 0) is 25.5 Å². The number of hydrogen-bond acceptors (Lipinski definition) is 3. The fourth-order valence-electron chi connectivity index (χ4n) is 2.30. The first-order valence-electron chi connectivity index (χ1n) is 6.99. The van der Waals surface area contributed by atoms with Crippen molar-refractivity contribution < 1.29 is 5.11 Å². The third-order valence-corrected chi connectivity index (χ3v) is 3.47. The number of aromatic hydroxyl groups is 1. The van der Waals surface area contributed by atoms with Gasteiger partial charge < -0.3 is 15.7 Å². The molecule has 0 aromatic heterocycles. The molecule has 0 bridgehead atoms. The Labute approximate surface area is 120 Å². The summed E-state index contributed by atoms with van der Waals surface area (Å²) in [6, 6.07) is 15.9. The first-order valence-corrected chi connectivity index (χ1v) is 6.99. The lowest BCUT2D eigenvalue weighted by Crippen LogP contribution is -2.22. The molecule has 3 nitrogen and oxygen atoms in total. The molecule has 0 saturated heterocycles. The SMILES string of the molecule is CCN(Cc1ccccc1)c1ccc(C(C)N)c(O)c1. The van der Waals surface area contributed by atoms with Gasteiger partial charge in [0.1, 0.15) is 5.75 Å². The third-order valence-electron chi connectivity index (χ3n) is 3.47. The van der Waals surface area contributed by atoms with Crippen LogP contribution in [0.25, 0.3) is 0 Å². The molecule has 0 saturated carbocycles. The molecule has 1 atom stereocenters. The molecule has 0 radical (unpaired) electrons. The molecular formula is C17H22N2O. The lowest BCUT2D eigenvalue weighted by atomic mass is 10.1. The molecule has 0 aliphatic carbocycles. The molecule has 20 heavy (non-hydrogen) atoms. The van der Waals surface area contributed by atoms with Gasteiger partial charge in [-0.2, -0.15) is 0 Å². The number of nitrogens with zero attached hydrogens (tertiary/aromatic N) is 1. The average Bonchev–Trinajstić information content (AvgIpc) is 2.45. The lowest BCUT2D eigenvalue weighted by molar-refractivity contribution is 0.463. The minimum absolute atomic E-state index is 0.159. The third kappa shape index (κ3) is 3.31. The molecule has 3 N–H and O–H groups in total. The highest BCUT2D eigenvalue weighted by Crippen LogP contribution is 2.28. The molecule has 3 heteroatoms. The molecule has 1 unspecified atom stereocenters. The second-order valence-electron chi connectivity index (χ2n) is 5.03. The summed E-state index contributed by atoms with van der Waals surface area (Å²) in [7, 11) is 0. The molecule has 2 aromatic rings. The van der Waals surface area contributed by atoms with E-state index in [9.17, 15) is 5.11 Å². The van der Waals surface area contributed by atoms with Gasteiger partial charge in [0, 0.05) is 36.4 Å². The summed E-state index contributed by atoms with van der Waals surface area (Å²) in [5.74, 6) is 0.268. The van der Waals surface area contributed by atoms with Crippen molar-refractivity contribution in [3.8, 4) is 5.75 Å². The zero-order valence-electron chi connectivity index (χ0n) is 12.1. The second kappa shape index (κ2) is 6.44. The molecule has 2 aromatic carbocycles. The number of nitrogens with two attached hydrogens (primary N) is 1. The van der Waals surface area contributed by atoms with Gasteiger partial charge in [-0.1, -0.05) is 36.4 Å². The maximum Gasteiger partial charge on any atom is 0.122 e. The van der Waals surface area contributed by atoms with Crippen LogP contribution >= 0.6 is 0 Å². The zero-order valence-corrected chi connectivity index (χ0v) is 12.1. The van der Waals surface area contributed by atoms with E-state index in [1.54, 1.807) is 6.07 Å². The van der Waals surface area contributed by atoms with Crippen molar-refractivity contribution in [2.75, 3.05) is 11.4 Å². The average molecular weight is 270 g/mol. The maximum absolute atomic E-state index is 10.1. The van der Waals surface area contributed by atoms with Crippen molar-refractivity contribution in [2.24, 2.45) is 5.73 Å². The Bertz CT molecular complexity index is 552. The van der Waals surface area contributed by atoms with E-state index in [-0.39, 0.29) is 11.8 Å². The van der Waals surface area contributed by atoms with E-state index >= 15 is 0 Å². The fourth-order valence-corrected chi connectivity index (χ4v) is 2.30. The van der Waals surface area contributed by atoms with Crippen molar-refractivity contribution >= 4 is 5.69 Å². The van der Waals surface area contributed by atoms with Crippen molar-refractivity contribution in [1.29, 1.82) is 0 Å². The largest absolute Gasteiger partial charge is 0.508 e. The van der Waals surface area contributed by atoms with E-state index in [2.05, 4.69) is 24.0 Å². The predicted octanol–water partition coefficient (Wildman–Crippen LogP) is 3.44. The number of anilines is 1. The highest BCUT2D eigenvalue weighted by molar-refractivity contribution is 5.54. The molecule has 0 aliphatic heterocycles. The number of rotatable bonds is 5. The van der Waals surface area contributed by atoms with Crippen molar-refractivity contribution in [1.82, 2.24) is 0 Å². The number of benzene rings is 2. The number of phenols is 1. The molecule has 106 valence electrons. The summed E-state index contributed by atoms with van der Waals surface area (Å²) < 4.78 is 0. The van der Waals surface area contributed by atoms with Gasteiger partial charge in [0.2, 0.25) is 0 Å². The summed E-state index contributed by atoms with van der Waals surface area (Å²) in [6.45, 7) is 5.69. The quantitative estimate of drug-likeness (QED) is 0.875. The monoisotopic (exact) mass is 270 g/mol. The van der Waals surface area contributed by atoms with Crippen molar-refractivity contribution in [3.05, 3.63) is 59.7 Å². The molecule has 0 amide bonds. The summed E-state index contributed by atoms with van der Waals surface area (Å²) in [4.78, 5) is 2.22. The standard InChI is InChI=1S/C17H22N2O/c1-3-19(12-14-7-5-4-6-8-14)15-9-10-16(13(2)18)17(20)11-15/h4-11,13,20H,3,12,18H2,1-2H3. The topological polar surface area (TPSA) is 49.5 Å². The van der Waals surface area contributed by atoms with Crippen LogP contribution in [0.15, 0.2) is 48.5 Å². The molecule has 0 heterocycles. The van der Waals surface area contributed by atoms with Gasteiger partial charge in [0.25, 0.3) is 0 Å². The van der Waals surface area contributed by atoms with Crippen LogP contribution < -0.4 is 10.6 Å². The van der Waals surface area contributed by atoms with E-state index < -0.39 is 0 Å². The Hall–Kier alpha value is -2.00. The summed E-state index contributed by atoms with van der Waals surface area (Å²) in [5.41, 5.74) is 8.87. The second-order valence-corrected chi connectivity index (χ2v) is 5.03. The maximum atomic E-state index is 10.1. The van der Waals surface area contributed by atoms with Crippen LogP contribution in [-0.2, 0) is 6.54 Å². The van der Waals surface area contributed by atoms with E-state index in [1.807, 2.05) is 37.3 Å². The Morgan fingerprint density at radius 3 is 2.40 bits per heavy atom.